The topological polar surface area (TPSA) is 6.48 Å². The third-order valence-electron chi connectivity index (χ3n) is 14.2. The molecule has 4 aliphatic rings. The second-order valence-electron chi connectivity index (χ2n) is 18.0. The lowest BCUT2D eigenvalue weighted by Gasteiger charge is -2.29. The van der Waals surface area contributed by atoms with E-state index in [9.17, 15) is 0 Å². The van der Waals surface area contributed by atoms with E-state index >= 15 is 0 Å². The largest absolute Gasteiger partial charge is 0.310 e. The minimum Gasteiger partial charge on any atom is -0.310 e. The van der Waals surface area contributed by atoms with Crippen LogP contribution in [0.15, 0.2) is 158 Å². The molecule has 12 rings (SSSR count). The van der Waals surface area contributed by atoms with E-state index in [1.807, 2.05) is 0 Å². The van der Waals surface area contributed by atoms with Crippen LogP contribution in [0, 0.1) is 0 Å². The van der Waals surface area contributed by atoms with Crippen molar-refractivity contribution in [2.45, 2.75) is 51.9 Å². The molecule has 0 spiro atoms. The molecule has 4 aliphatic heterocycles. The summed E-state index contributed by atoms with van der Waals surface area (Å²) in [6, 6.07) is 60.9. The average Bonchev–Trinajstić information content (AvgIpc) is 3.44. The highest BCUT2D eigenvalue weighted by Gasteiger charge is 2.42. The summed E-state index contributed by atoms with van der Waals surface area (Å²) in [5.74, 6) is 0. The van der Waals surface area contributed by atoms with Crippen LogP contribution in [0.25, 0.3) is 33.0 Å². The molecule has 0 saturated heterocycles. The summed E-state index contributed by atoms with van der Waals surface area (Å²) in [6.45, 7) is 10.3. The van der Waals surface area contributed by atoms with Gasteiger partial charge in [-0.25, -0.2) is 0 Å². The Morgan fingerprint density at radius 3 is 1.02 bits per heavy atom. The number of hydrogen-bond donors (Lipinski definition) is 0. The van der Waals surface area contributed by atoms with Crippen molar-refractivity contribution in [2.75, 3.05) is 9.80 Å². The van der Waals surface area contributed by atoms with Gasteiger partial charge in [0, 0.05) is 34.1 Å². The number of aryl methyl sites for hydroxylation is 4. The number of fused-ring (bicyclic) bond motifs is 13. The minimum atomic E-state index is -2.03. The SMILES string of the molecule is C[Si]1(C)c2cc(N3c4ccccc4CCc4ccccc43)ccc2-c2c1ccc1c3c(ccc21)[Si](C)(C)c1cc(N2c4ccccc4CCc4ccccc42)ccc1-3. The van der Waals surface area contributed by atoms with Crippen LogP contribution in [-0.2, 0) is 25.7 Å². The van der Waals surface area contributed by atoms with Gasteiger partial charge in [-0.15, -0.1) is 0 Å². The Morgan fingerprint density at radius 1 is 0.345 bits per heavy atom. The van der Waals surface area contributed by atoms with E-state index in [1.165, 1.54) is 89.4 Å². The summed E-state index contributed by atoms with van der Waals surface area (Å²) >= 11 is 0. The second kappa shape index (κ2) is 12.3. The molecule has 58 heavy (non-hydrogen) atoms. The third kappa shape index (κ3) is 4.70. The summed E-state index contributed by atoms with van der Waals surface area (Å²) in [6.07, 6.45) is 4.23. The van der Waals surface area contributed by atoms with Crippen molar-refractivity contribution in [3.05, 3.63) is 180 Å². The van der Waals surface area contributed by atoms with Gasteiger partial charge in [0.15, 0.2) is 0 Å². The molecule has 0 fully saturated rings. The second-order valence-corrected chi connectivity index (χ2v) is 26.6. The molecule has 4 heteroatoms. The van der Waals surface area contributed by atoms with Crippen molar-refractivity contribution in [2.24, 2.45) is 0 Å². The average molecular weight is 779 g/mol. The van der Waals surface area contributed by atoms with Crippen LogP contribution in [-0.4, -0.2) is 16.1 Å². The summed E-state index contributed by atoms with van der Waals surface area (Å²) in [5.41, 5.74) is 19.2. The molecular formula is C54H46N2Si2. The highest BCUT2D eigenvalue weighted by Crippen LogP contribution is 2.46. The van der Waals surface area contributed by atoms with Crippen molar-refractivity contribution in [3.8, 4) is 22.3 Å². The number of anilines is 6. The Balaban J connectivity index is 1.01. The molecule has 0 radical (unpaired) electrons. The van der Waals surface area contributed by atoms with Crippen molar-refractivity contribution in [1.82, 2.24) is 0 Å². The predicted octanol–water partition coefficient (Wildman–Crippen LogP) is 11.6. The van der Waals surface area contributed by atoms with Crippen LogP contribution in [0.2, 0.25) is 26.2 Å². The quantitative estimate of drug-likeness (QED) is 0.161. The summed E-state index contributed by atoms with van der Waals surface area (Å²) in [5, 5.41) is 9.03. The minimum absolute atomic E-state index is 1.06. The fourth-order valence-corrected chi connectivity index (χ4v) is 17.4. The summed E-state index contributed by atoms with van der Waals surface area (Å²) in [4.78, 5) is 5.08. The zero-order valence-corrected chi connectivity index (χ0v) is 35.7. The van der Waals surface area contributed by atoms with E-state index in [2.05, 4.69) is 194 Å². The van der Waals surface area contributed by atoms with Crippen LogP contribution in [0.3, 0.4) is 0 Å². The van der Waals surface area contributed by atoms with Crippen molar-refractivity contribution >= 4 is 81.8 Å². The Labute approximate surface area is 344 Å². The van der Waals surface area contributed by atoms with E-state index < -0.39 is 16.1 Å². The van der Waals surface area contributed by atoms with Crippen LogP contribution in [0.4, 0.5) is 34.1 Å². The predicted molar refractivity (Wildman–Crippen MR) is 253 cm³/mol. The van der Waals surface area contributed by atoms with Crippen molar-refractivity contribution < 1.29 is 0 Å². The van der Waals surface area contributed by atoms with Crippen LogP contribution >= 0.6 is 0 Å². The molecule has 280 valence electrons. The molecule has 0 aromatic heterocycles. The highest BCUT2D eigenvalue weighted by atomic mass is 28.3. The molecule has 0 atom stereocenters. The van der Waals surface area contributed by atoms with E-state index in [-0.39, 0.29) is 0 Å². The number of para-hydroxylation sites is 4. The molecule has 0 saturated carbocycles. The number of benzene rings is 8. The standard InChI is InChI=1S/C54H46N2Si2/c1-57(2)49-31-29-42-41(53(49)43-27-25-39(33-51(43)57)55-45-17-9-5-13-35(45)21-22-36-14-6-10-18-46(36)55)30-32-50-54(42)44-28-26-40(34-52(44)58(50,3)4)56-47-19-11-7-15-37(47)23-24-38-16-8-12-20-48(38)56/h5-20,25-34H,21-24H2,1-4H3. The Kier molecular flexibility index (Phi) is 7.23. The summed E-state index contributed by atoms with van der Waals surface area (Å²) < 4.78 is 0. The molecule has 0 amide bonds. The first-order valence-electron chi connectivity index (χ1n) is 21.1. The third-order valence-corrected chi connectivity index (χ3v) is 21.3. The van der Waals surface area contributed by atoms with Crippen LogP contribution < -0.4 is 30.5 Å². The first-order chi connectivity index (χ1) is 28.3. The molecule has 4 heterocycles. The first-order valence-corrected chi connectivity index (χ1v) is 27.1. The lowest BCUT2D eigenvalue weighted by atomic mass is 9.92. The number of nitrogens with zero attached hydrogens (tertiary/aromatic N) is 2. The molecule has 0 aliphatic carbocycles. The van der Waals surface area contributed by atoms with E-state index in [0.29, 0.717) is 0 Å². The maximum Gasteiger partial charge on any atom is 0.113 e. The molecule has 0 unspecified atom stereocenters. The lowest BCUT2D eigenvalue weighted by Crippen LogP contribution is -2.49. The Bertz CT molecular complexity index is 2750. The molecule has 0 N–H and O–H groups in total. The van der Waals surface area contributed by atoms with Gasteiger partial charge in [-0.2, -0.15) is 0 Å². The normalized spacial score (nSPS) is 16.2. The smallest absolute Gasteiger partial charge is 0.113 e. The maximum absolute atomic E-state index is 2.57. The van der Waals surface area contributed by atoms with Gasteiger partial charge in [-0.3, -0.25) is 0 Å². The van der Waals surface area contributed by atoms with Gasteiger partial charge in [0.05, 0.1) is 0 Å². The number of rotatable bonds is 2. The zero-order chi connectivity index (χ0) is 38.9. The van der Waals surface area contributed by atoms with Gasteiger partial charge in [-0.05, 0) is 150 Å². The fourth-order valence-electron chi connectivity index (χ4n) is 11.2. The van der Waals surface area contributed by atoms with Crippen LogP contribution in [0.1, 0.15) is 22.3 Å². The monoisotopic (exact) mass is 778 g/mol. The Hall–Kier alpha value is -5.95. The van der Waals surface area contributed by atoms with Crippen LogP contribution in [0.5, 0.6) is 0 Å². The van der Waals surface area contributed by atoms with Gasteiger partial charge in [0.1, 0.15) is 16.1 Å². The molecule has 8 aromatic carbocycles. The van der Waals surface area contributed by atoms with Gasteiger partial charge in [-0.1, -0.05) is 135 Å². The lowest BCUT2D eigenvalue weighted by molar-refractivity contribution is 0.977. The molecule has 0 bridgehead atoms. The molecule has 2 nitrogen and oxygen atoms in total. The van der Waals surface area contributed by atoms with E-state index in [1.54, 1.807) is 20.7 Å². The van der Waals surface area contributed by atoms with E-state index in [0.717, 1.165) is 25.7 Å². The maximum atomic E-state index is 2.57. The molecule has 8 aromatic rings. The molecular weight excluding hydrogens is 733 g/mol. The summed E-state index contributed by atoms with van der Waals surface area (Å²) in [7, 11) is -4.05. The fraction of sp³-hybridized carbons (Fsp3) is 0.148. The van der Waals surface area contributed by atoms with Crippen molar-refractivity contribution in [1.29, 1.82) is 0 Å². The van der Waals surface area contributed by atoms with E-state index in [4.69, 9.17) is 0 Å². The van der Waals surface area contributed by atoms with Crippen molar-refractivity contribution in [3.63, 3.8) is 0 Å². The van der Waals surface area contributed by atoms with Gasteiger partial charge in [0.25, 0.3) is 0 Å². The number of hydrogen-bond acceptors (Lipinski definition) is 2. The zero-order valence-electron chi connectivity index (χ0n) is 33.7. The Morgan fingerprint density at radius 2 is 0.672 bits per heavy atom. The highest BCUT2D eigenvalue weighted by molar-refractivity contribution is 7.05. The van der Waals surface area contributed by atoms with Gasteiger partial charge >= 0.3 is 0 Å². The van der Waals surface area contributed by atoms with Gasteiger partial charge in [0.2, 0.25) is 0 Å². The first kappa shape index (κ1) is 34.1. The van der Waals surface area contributed by atoms with Gasteiger partial charge < -0.3 is 9.80 Å².